The van der Waals surface area contributed by atoms with Gasteiger partial charge in [-0.2, -0.15) is 0 Å². The van der Waals surface area contributed by atoms with Crippen molar-refractivity contribution in [2.45, 2.75) is 19.8 Å². The summed E-state index contributed by atoms with van der Waals surface area (Å²) in [7, 11) is 0. The van der Waals surface area contributed by atoms with Gasteiger partial charge in [0.2, 0.25) is 0 Å². The Kier molecular flexibility index (Phi) is 3.48. The van der Waals surface area contributed by atoms with Crippen molar-refractivity contribution >= 4 is 17.2 Å². The summed E-state index contributed by atoms with van der Waals surface area (Å²) >= 11 is 0. The van der Waals surface area contributed by atoms with Gasteiger partial charge in [0.1, 0.15) is 11.5 Å². The van der Waals surface area contributed by atoms with Gasteiger partial charge < -0.3 is 0 Å². The molecule has 106 valence electrons. The van der Waals surface area contributed by atoms with Gasteiger partial charge in [-0.1, -0.05) is 26.0 Å². The van der Waals surface area contributed by atoms with E-state index < -0.39 is 0 Å². The molecule has 0 radical (unpaired) electrons. The van der Waals surface area contributed by atoms with Crippen molar-refractivity contribution in [2.24, 2.45) is 10.2 Å². The third kappa shape index (κ3) is 2.67. The van der Waals surface area contributed by atoms with Gasteiger partial charge in [-0.25, -0.2) is 9.37 Å². The predicted molar refractivity (Wildman–Crippen MR) is 79.9 cm³/mol. The highest BCUT2D eigenvalue weighted by atomic mass is 19.1. The molecule has 4 nitrogen and oxygen atoms in total. The lowest BCUT2D eigenvalue weighted by Gasteiger charge is -2.01. The third-order valence-corrected chi connectivity index (χ3v) is 3.15. The minimum absolute atomic E-state index is 0.228. The molecule has 0 aliphatic carbocycles. The van der Waals surface area contributed by atoms with Gasteiger partial charge in [0, 0.05) is 12.3 Å². The van der Waals surface area contributed by atoms with E-state index >= 15 is 0 Å². The van der Waals surface area contributed by atoms with E-state index in [-0.39, 0.29) is 11.7 Å². The van der Waals surface area contributed by atoms with Crippen LogP contribution in [0.4, 0.5) is 15.9 Å². The molecule has 3 aromatic rings. The van der Waals surface area contributed by atoms with Crippen LogP contribution < -0.4 is 0 Å². The maximum absolute atomic E-state index is 13.2. The lowest BCUT2D eigenvalue weighted by molar-refractivity contribution is 0.628. The molecular weight excluding hydrogens is 267 g/mol. The van der Waals surface area contributed by atoms with E-state index in [1.807, 2.05) is 28.8 Å². The van der Waals surface area contributed by atoms with Crippen molar-refractivity contribution in [3.8, 4) is 0 Å². The first kappa shape index (κ1) is 13.4. The SMILES string of the molecule is CC(C)c1nc2ccccn2c1N=Nc1cccc(F)c1. The number of hydrogen-bond donors (Lipinski definition) is 0. The van der Waals surface area contributed by atoms with E-state index in [0.29, 0.717) is 11.5 Å². The largest absolute Gasteiger partial charge is 0.283 e. The number of aromatic nitrogens is 2. The fourth-order valence-corrected chi connectivity index (χ4v) is 2.13. The number of nitrogens with zero attached hydrogens (tertiary/aromatic N) is 4. The van der Waals surface area contributed by atoms with E-state index in [2.05, 4.69) is 29.1 Å². The molecule has 0 fully saturated rings. The number of rotatable bonds is 3. The maximum atomic E-state index is 13.2. The van der Waals surface area contributed by atoms with Crippen molar-refractivity contribution in [1.82, 2.24) is 9.38 Å². The van der Waals surface area contributed by atoms with Gasteiger partial charge >= 0.3 is 0 Å². The van der Waals surface area contributed by atoms with Crippen LogP contribution in [0.2, 0.25) is 0 Å². The maximum Gasteiger partial charge on any atom is 0.183 e. The molecule has 3 rings (SSSR count). The van der Waals surface area contributed by atoms with Crippen LogP contribution in [0.15, 0.2) is 58.9 Å². The number of hydrogen-bond acceptors (Lipinski definition) is 3. The van der Waals surface area contributed by atoms with Gasteiger partial charge in [0.15, 0.2) is 5.82 Å². The molecule has 0 saturated heterocycles. The molecule has 21 heavy (non-hydrogen) atoms. The Labute approximate surface area is 122 Å². The van der Waals surface area contributed by atoms with E-state index in [9.17, 15) is 4.39 Å². The molecule has 0 N–H and O–H groups in total. The average molecular weight is 282 g/mol. The molecule has 0 aliphatic heterocycles. The zero-order valence-electron chi connectivity index (χ0n) is 11.9. The van der Waals surface area contributed by atoms with Gasteiger partial charge in [-0.3, -0.25) is 4.40 Å². The summed E-state index contributed by atoms with van der Waals surface area (Å²) in [6, 6.07) is 11.8. The smallest absolute Gasteiger partial charge is 0.183 e. The Bertz CT molecular complexity index is 805. The number of fused-ring (bicyclic) bond motifs is 1. The Morgan fingerprint density at radius 2 is 1.95 bits per heavy atom. The first-order valence-corrected chi connectivity index (χ1v) is 6.79. The quantitative estimate of drug-likeness (QED) is 0.622. The van der Waals surface area contributed by atoms with Crippen molar-refractivity contribution in [3.05, 3.63) is 60.2 Å². The minimum atomic E-state index is -0.325. The molecule has 2 aromatic heterocycles. The van der Waals surface area contributed by atoms with Crippen LogP contribution in [0.5, 0.6) is 0 Å². The van der Waals surface area contributed by atoms with Gasteiger partial charge in [-0.05, 0) is 30.2 Å². The number of pyridine rings is 1. The topological polar surface area (TPSA) is 42.0 Å². The molecule has 0 bridgehead atoms. The van der Waals surface area contributed by atoms with E-state index in [1.165, 1.54) is 12.1 Å². The zero-order valence-corrected chi connectivity index (χ0v) is 11.9. The summed E-state index contributed by atoms with van der Waals surface area (Å²) in [6.07, 6.45) is 1.90. The van der Waals surface area contributed by atoms with Crippen molar-refractivity contribution < 1.29 is 4.39 Å². The summed E-state index contributed by atoms with van der Waals surface area (Å²) in [5.41, 5.74) is 2.19. The van der Waals surface area contributed by atoms with Crippen LogP contribution in [0.1, 0.15) is 25.5 Å². The number of imidazole rings is 1. The third-order valence-electron chi connectivity index (χ3n) is 3.15. The van der Waals surface area contributed by atoms with Gasteiger partial charge in [0.05, 0.1) is 11.4 Å². The molecule has 0 amide bonds. The highest BCUT2D eigenvalue weighted by Crippen LogP contribution is 2.29. The lowest BCUT2D eigenvalue weighted by Crippen LogP contribution is -1.87. The van der Waals surface area contributed by atoms with Crippen molar-refractivity contribution in [1.29, 1.82) is 0 Å². The van der Waals surface area contributed by atoms with Crippen LogP contribution in [0, 0.1) is 5.82 Å². The van der Waals surface area contributed by atoms with E-state index in [1.54, 1.807) is 12.1 Å². The first-order valence-electron chi connectivity index (χ1n) is 6.79. The summed E-state index contributed by atoms with van der Waals surface area (Å²) in [4.78, 5) is 4.58. The average Bonchev–Trinajstić information content (AvgIpc) is 2.84. The van der Waals surface area contributed by atoms with Crippen LogP contribution in [0.25, 0.3) is 5.65 Å². The number of azo groups is 1. The van der Waals surface area contributed by atoms with Crippen LogP contribution >= 0.6 is 0 Å². The molecule has 0 unspecified atom stereocenters. The number of halogens is 1. The highest BCUT2D eigenvalue weighted by molar-refractivity contribution is 5.53. The monoisotopic (exact) mass is 282 g/mol. The number of benzene rings is 1. The highest BCUT2D eigenvalue weighted by Gasteiger charge is 2.14. The standard InChI is InChI=1S/C16H15FN4/c1-11(2)15-16(21-9-4-3-8-14(21)18-15)20-19-13-7-5-6-12(17)10-13/h3-11H,1-2H3. The normalized spacial score (nSPS) is 11.8. The van der Waals surface area contributed by atoms with Crippen LogP contribution in [-0.2, 0) is 0 Å². The second kappa shape index (κ2) is 5.44. The summed E-state index contributed by atoms with van der Waals surface area (Å²) in [5.74, 6) is 0.588. The first-order chi connectivity index (χ1) is 10.1. The Morgan fingerprint density at radius 3 is 2.71 bits per heavy atom. The predicted octanol–water partition coefficient (Wildman–Crippen LogP) is 5.01. The van der Waals surface area contributed by atoms with E-state index in [0.717, 1.165) is 11.3 Å². The summed E-state index contributed by atoms with van der Waals surface area (Å²) in [6.45, 7) is 4.12. The second-order valence-corrected chi connectivity index (χ2v) is 5.08. The van der Waals surface area contributed by atoms with Crippen molar-refractivity contribution in [2.75, 3.05) is 0 Å². The van der Waals surface area contributed by atoms with Crippen LogP contribution in [0.3, 0.4) is 0 Å². The molecule has 5 heteroatoms. The fourth-order valence-electron chi connectivity index (χ4n) is 2.13. The Balaban J connectivity index is 2.08. The van der Waals surface area contributed by atoms with Gasteiger partial charge in [-0.15, -0.1) is 10.2 Å². The fraction of sp³-hybridized carbons (Fsp3) is 0.188. The molecule has 0 atom stereocenters. The summed E-state index contributed by atoms with van der Waals surface area (Å²) < 4.78 is 15.1. The molecule has 0 aliphatic rings. The minimum Gasteiger partial charge on any atom is -0.283 e. The molecule has 2 heterocycles. The molecular formula is C16H15FN4. The second-order valence-electron chi connectivity index (χ2n) is 5.08. The zero-order chi connectivity index (χ0) is 14.8. The lowest BCUT2D eigenvalue weighted by atomic mass is 10.1. The van der Waals surface area contributed by atoms with Gasteiger partial charge in [0.25, 0.3) is 0 Å². The molecule has 1 aromatic carbocycles. The molecule has 0 spiro atoms. The summed E-state index contributed by atoms with van der Waals surface area (Å²) in [5, 5.41) is 8.41. The Morgan fingerprint density at radius 1 is 1.10 bits per heavy atom. The van der Waals surface area contributed by atoms with Crippen molar-refractivity contribution in [3.63, 3.8) is 0 Å². The van der Waals surface area contributed by atoms with E-state index in [4.69, 9.17) is 0 Å². The Hall–Kier alpha value is -2.56. The van der Waals surface area contributed by atoms with Crippen LogP contribution in [-0.4, -0.2) is 9.38 Å². The molecule has 0 saturated carbocycles.